The van der Waals surface area contributed by atoms with E-state index in [4.69, 9.17) is 4.74 Å². The Bertz CT molecular complexity index is 1030. The molecule has 2 aliphatic rings. The van der Waals surface area contributed by atoms with Crippen molar-refractivity contribution in [3.63, 3.8) is 0 Å². The molecule has 1 saturated heterocycles. The third-order valence-electron chi connectivity index (χ3n) is 5.57. The number of nitrogens with zero attached hydrogens (tertiary/aromatic N) is 3. The number of rotatable bonds is 5. The Balaban J connectivity index is 1.37. The lowest BCUT2D eigenvalue weighted by molar-refractivity contribution is -0.125. The van der Waals surface area contributed by atoms with Gasteiger partial charge in [0.05, 0.1) is 18.6 Å². The highest BCUT2D eigenvalue weighted by Gasteiger charge is 2.30. The van der Waals surface area contributed by atoms with Gasteiger partial charge in [0.1, 0.15) is 6.04 Å². The number of carbonyl (C=O) groups excluding carboxylic acids is 3. The van der Waals surface area contributed by atoms with Crippen molar-refractivity contribution in [2.45, 2.75) is 19.4 Å². The quantitative estimate of drug-likeness (QED) is 0.676. The maximum Gasteiger partial charge on any atom is 0.338 e. The highest BCUT2D eigenvalue weighted by molar-refractivity contribution is 6.06. The van der Waals surface area contributed by atoms with Gasteiger partial charge in [0.2, 0.25) is 17.8 Å². The predicted octanol–water partition coefficient (Wildman–Crippen LogP) is 1.87. The number of amides is 2. The number of ether oxygens (including phenoxy) is 1. The van der Waals surface area contributed by atoms with E-state index in [1.165, 1.54) is 0 Å². The van der Waals surface area contributed by atoms with E-state index in [0.29, 0.717) is 36.9 Å². The Labute approximate surface area is 192 Å². The van der Waals surface area contributed by atoms with Crippen LogP contribution in [0.25, 0.3) is 0 Å². The van der Waals surface area contributed by atoms with Crippen molar-refractivity contribution in [1.82, 2.24) is 10.2 Å². The molecule has 9 nitrogen and oxygen atoms in total. The SMILES string of the molecule is CCOC(=O)c1ccc(NC(=O)[C@@H]2CC(=O)NC(N3CCN(c4ccccc4)CC3)=N2)cc1. The fourth-order valence-electron chi connectivity index (χ4n) is 3.83. The molecule has 2 aromatic carbocycles. The molecule has 0 radical (unpaired) electrons. The number of guanidine groups is 1. The Morgan fingerprint density at radius 2 is 1.70 bits per heavy atom. The normalized spacial score (nSPS) is 18.3. The molecule has 2 aliphatic heterocycles. The molecule has 1 fully saturated rings. The minimum atomic E-state index is -0.814. The van der Waals surface area contributed by atoms with Crippen molar-refractivity contribution in [3.05, 3.63) is 60.2 Å². The van der Waals surface area contributed by atoms with Crippen LogP contribution in [0.4, 0.5) is 11.4 Å². The van der Waals surface area contributed by atoms with Gasteiger partial charge in [-0.05, 0) is 43.3 Å². The molecule has 2 amide bonds. The Morgan fingerprint density at radius 1 is 1.03 bits per heavy atom. The van der Waals surface area contributed by atoms with Gasteiger partial charge < -0.3 is 19.9 Å². The average Bonchev–Trinajstić information content (AvgIpc) is 2.85. The van der Waals surface area contributed by atoms with Crippen LogP contribution in [0.15, 0.2) is 59.6 Å². The number of benzene rings is 2. The first-order valence-corrected chi connectivity index (χ1v) is 11.0. The minimum Gasteiger partial charge on any atom is -0.462 e. The van der Waals surface area contributed by atoms with Crippen molar-refractivity contribution < 1.29 is 19.1 Å². The van der Waals surface area contributed by atoms with Crippen LogP contribution in [0.2, 0.25) is 0 Å². The highest BCUT2D eigenvalue weighted by Crippen LogP contribution is 2.17. The maximum absolute atomic E-state index is 12.8. The summed E-state index contributed by atoms with van der Waals surface area (Å²) in [4.78, 5) is 45.7. The summed E-state index contributed by atoms with van der Waals surface area (Å²) in [6.07, 6.45) is -0.0137. The zero-order chi connectivity index (χ0) is 23.2. The van der Waals surface area contributed by atoms with Crippen LogP contribution < -0.4 is 15.5 Å². The summed E-state index contributed by atoms with van der Waals surface area (Å²) >= 11 is 0. The van der Waals surface area contributed by atoms with Gasteiger partial charge in [-0.15, -0.1) is 0 Å². The van der Waals surface area contributed by atoms with Gasteiger partial charge in [0.25, 0.3) is 0 Å². The molecule has 172 valence electrons. The summed E-state index contributed by atoms with van der Waals surface area (Å²) in [6.45, 7) is 5.01. The summed E-state index contributed by atoms with van der Waals surface area (Å²) in [5.74, 6) is -0.574. The van der Waals surface area contributed by atoms with Gasteiger partial charge in [-0.3, -0.25) is 14.9 Å². The molecule has 0 saturated carbocycles. The molecule has 0 bridgehead atoms. The fraction of sp³-hybridized carbons (Fsp3) is 0.333. The number of hydrogen-bond donors (Lipinski definition) is 2. The van der Waals surface area contributed by atoms with Gasteiger partial charge in [0.15, 0.2) is 0 Å². The fourth-order valence-corrected chi connectivity index (χ4v) is 3.83. The molecule has 2 aromatic rings. The van der Waals surface area contributed by atoms with Crippen molar-refractivity contribution in [2.24, 2.45) is 4.99 Å². The second-order valence-corrected chi connectivity index (χ2v) is 7.82. The predicted molar refractivity (Wildman–Crippen MR) is 125 cm³/mol. The lowest BCUT2D eigenvalue weighted by Crippen LogP contribution is -2.56. The largest absolute Gasteiger partial charge is 0.462 e. The van der Waals surface area contributed by atoms with Crippen molar-refractivity contribution in [3.8, 4) is 0 Å². The minimum absolute atomic E-state index is 0.0137. The Hall–Kier alpha value is -3.88. The molecule has 9 heteroatoms. The zero-order valence-corrected chi connectivity index (χ0v) is 18.5. The molecule has 0 aromatic heterocycles. The number of hydrogen-bond acceptors (Lipinski definition) is 7. The number of para-hydroxylation sites is 1. The number of esters is 1. The lowest BCUT2D eigenvalue weighted by atomic mass is 10.1. The third-order valence-corrected chi connectivity index (χ3v) is 5.57. The summed E-state index contributed by atoms with van der Waals surface area (Å²) < 4.78 is 4.96. The maximum atomic E-state index is 12.8. The van der Waals surface area contributed by atoms with E-state index in [9.17, 15) is 14.4 Å². The molecule has 0 unspecified atom stereocenters. The molecule has 2 N–H and O–H groups in total. The molecule has 33 heavy (non-hydrogen) atoms. The van der Waals surface area contributed by atoms with Crippen LogP contribution in [-0.4, -0.2) is 67.5 Å². The highest BCUT2D eigenvalue weighted by atomic mass is 16.5. The smallest absolute Gasteiger partial charge is 0.338 e. The Kier molecular flexibility index (Phi) is 6.87. The van der Waals surface area contributed by atoms with Crippen LogP contribution in [0.3, 0.4) is 0 Å². The van der Waals surface area contributed by atoms with Crippen LogP contribution in [0.5, 0.6) is 0 Å². The van der Waals surface area contributed by atoms with Gasteiger partial charge >= 0.3 is 5.97 Å². The number of nitrogens with one attached hydrogen (secondary N) is 2. The topological polar surface area (TPSA) is 103 Å². The van der Waals surface area contributed by atoms with Crippen LogP contribution >= 0.6 is 0 Å². The monoisotopic (exact) mass is 449 g/mol. The molecule has 0 spiro atoms. The summed E-state index contributed by atoms with van der Waals surface area (Å²) in [5, 5.41) is 5.59. The summed E-state index contributed by atoms with van der Waals surface area (Å²) in [5.41, 5.74) is 2.09. The van der Waals surface area contributed by atoms with E-state index in [1.807, 2.05) is 23.1 Å². The molecule has 2 heterocycles. The second kappa shape index (κ2) is 10.2. The van der Waals surface area contributed by atoms with E-state index in [2.05, 4.69) is 32.7 Å². The van der Waals surface area contributed by atoms with Gasteiger partial charge in [-0.1, -0.05) is 18.2 Å². The van der Waals surface area contributed by atoms with E-state index < -0.39 is 12.0 Å². The first-order valence-electron chi connectivity index (χ1n) is 11.0. The van der Waals surface area contributed by atoms with E-state index in [-0.39, 0.29) is 18.2 Å². The van der Waals surface area contributed by atoms with Crippen LogP contribution in [0.1, 0.15) is 23.7 Å². The third kappa shape index (κ3) is 5.49. The molecular formula is C24H27N5O4. The van der Waals surface area contributed by atoms with Crippen molar-refractivity contribution >= 4 is 35.1 Å². The zero-order valence-electron chi connectivity index (χ0n) is 18.5. The van der Waals surface area contributed by atoms with E-state index in [1.54, 1.807) is 31.2 Å². The van der Waals surface area contributed by atoms with Crippen LogP contribution in [-0.2, 0) is 14.3 Å². The summed E-state index contributed by atoms with van der Waals surface area (Å²) in [7, 11) is 0. The second-order valence-electron chi connectivity index (χ2n) is 7.82. The number of carbonyl (C=O) groups is 3. The Morgan fingerprint density at radius 3 is 2.36 bits per heavy atom. The van der Waals surface area contributed by atoms with Crippen molar-refractivity contribution in [2.75, 3.05) is 43.0 Å². The lowest BCUT2D eigenvalue weighted by Gasteiger charge is -2.38. The molecule has 4 rings (SSSR count). The first kappa shape index (κ1) is 22.3. The summed E-state index contributed by atoms with van der Waals surface area (Å²) in [6, 6.07) is 15.8. The number of piperazine rings is 1. The van der Waals surface area contributed by atoms with Gasteiger partial charge in [0, 0.05) is 37.6 Å². The number of anilines is 2. The van der Waals surface area contributed by atoms with Crippen LogP contribution in [0, 0.1) is 0 Å². The first-order chi connectivity index (χ1) is 16.0. The van der Waals surface area contributed by atoms with Gasteiger partial charge in [-0.25, -0.2) is 9.79 Å². The van der Waals surface area contributed by atoms with E-state index in [0.717, 1.165) is 18.8 Å². The van der Waals surface area contributed by atoms with Crippen molar-refractivity contribution in [1.29, 1.82) is 0 Å². The van der Waals surface area contributed by atoms with Gasteiger partial charge in [-0.2, -0.15) is 0 Å². The standard InChI is InChI=1S/C24H27N5O4/c1-2-33-23(32)17-8-10-18(11-9-17)25-22(31)20-16-21(30)27-24(26-20)29-14-12-28(13-15-29)19-6-4-3-5-7-19/h3-11,20H,2,12-16H2,1H3,(H,25,31)(H,26,27,30)/t20-/m0/s1. The van der Waals surface area contributed by atoms with E-state index >= 15 is 0 Å². The molecule has 1 atom stereocenters. The number of aliphatic imine (C=N–C) groups is 1. The average molecular weight is 450 g/mol. The molecular weight excluding hydrogens is 422 g/mol. The molecule has 0 aliphatic carbocycles.